The highest BCUT2D eigenvalue weighted by Crippen LogP contribution is 2.11. The Morgan fingerprint density at radius 2 is 2.05 bits per heavy atom. The summed E-state index contributed by atoms with van der Waals surface area (Å²) in [5, 5.41) is 4.36. The van der Waals surface area contributed by atoms with Gasteiger partial charge in [-0.1, -0.05) is 6.08 Å². The van der Waals surface area contributed by atoms with E-state index in [9.17, 15) is 0 Å². The van der Waals surface area contributed by atoms with Gasteiger partial charge in [-0.05, 0) is 12.2 Å². The average molecular weight is 317 g/mol. The van der Waals surface area contributed by atoms with Crippen LogP contribution in [0.3, 0.4) is 0 Å². The minimum atomic E-state index is 0.694. The first-order chi connectivity index (χ1) is 10.8. The summed E-state index contributed by atoms with van der Waals surface area (Å²) in [6.45, 7) is 8.90. The van der Waals surface area contributed by atoms with Crippen molar-refractivity contribution in [1.82, 2.24) is 29.2 Å². The molecule has 0 spiro atoms. The van der Waals surface area contributed by atoms with Gasteiger partial charge in [0, 0.05) is 45.1 Å². The number of piperazine rings is 1. The number of aromatic nitrogens is 5. The van der Waals surface area contributed by atoms with Crippen LogP contribution in [0.4, 0.5) is 5.82 Å². The molecule has 1 aliphatic rings. The lowest BCUT2D eigenvalue weighted by Crippen LogP contribution is -2.47. The summed E-state index contributed by atoms with van der Waals surface area (Å²) < 4.78 is 4.51. The van der Waals surface area contributed by atoms with Gasteiger partial charge in [-0.15, -0.1) is 6.58 Å². The molecular formula is C14H19N7S. The Labute approximate surface area is 134 Å². The highest BCUT2D eigenvalue weighted by atomic mass is 32.1. The van der Waals surface area contributed by atoms with Gasteiger partial charge in [0.15, 0.2) is 4.77 Å². The van der Waals surface area contributed by atoms with Crippen LogP contribution in [0.1, 0.15) is 0 Å². The standard InChI is InChI=1S/C14H19N7S/c1-2-5-20-11-17-21(14(20)22)12-18-6-8-19(9-7-18)13-10-15-3-4-16-13/h2-4,10-11H,1,5-9,12H2. The number of hydrogen-bond donors (Lipinski definition) is 0. The number of allylic oxidation sites excluding steroid dienone is 1. The van der Waals surface area contributed by atoms with Crippen molar-refractivity contribution < 1.29 is 0 Å². The SMILES string of the molecule is C=CCn1cnn(CN2CCN(c3cnccn3)CC2)c1=S. The molecule has 0 aromatic carbocycles. The quantitative estimate of drug-likeness (QED) is 0.609. The largest absolute Gasteiger partial charge is 0.353 e. The zero-order chi connectivity index (χ0) is 15.4. The number of anilines is 1. The lowest BCUT2D eigenvalue weighted by atomic mass is 10.3. The first kappa shape index (κ1) is 14.9. The minimum absolute atomic E-state index is 0.694. The molecule has 0 atom stereocenters. The van der Waals surface area contributed by atoms with Crippen molar-refractivity contribution in [3.63, 3.8) is 0 Å². The molecule has 7 nitrogen and oxygen atoms in total. The monoisotopic (exact) mass is 317 g/mol. The molecule has 1 fully saturated rings. The van der Waals surface area contributed by atoms with Crippen LogP contribution in [-0.2, 0) is 13.2 Å². The predicted molar refractivity (Wildman–Crippen MR) is 87.1 cm³/mol. The van der Waals surface area contributed by atoms with E-state index >= 15 is 0 Å². The van der Waals surface area contributed by atoms with Crippen LogP contribution in [0.2, 0.25) is 0 Å². The predicted octanol–water partition coefficient (Wildman–Crippen LogP) is 1.17. The molecule has 0 radical (unpaired) electrons. The molecule has 0 unspecified atom stereocenters. The van der Waals surface area contributed by atoms with Crippen LogP contribution in [0, 0.1) is 4.77 Å². The Kier molecular flexibility index (Phi) is 4.59. The summed E-state index contributed by atoms with van der Waals surface area (Å²) in [5.41, 5.74) is 0. The lowest BCUT2D eigenvalue weighted by Gasteiger charge is -2.34. The van der Waals surface area contributed by atoms with Crippen molar-refractivity contribution in [3.8, 4) is 0 Å². The third kappa shape index (κ3) is 3.23. The van der Waals surface area contributed by atoms with E-state index in [2.05, 4.69) is 31.4 Å². The minimum Gasteiger partial charge on any atom is -0.353 e. The van der Waals surface area contributed by atoms with E-state index in [0.29, 0.717) is 6.54 Å². The topological polar surface area (TPSA) is 55.0 Å². The molecule has 0 N–H and O–H groups in total. The Balaban J connectivity index is 1.58. The summed E-state index contributed by atoms with van der Waals surface area (Å²) in [4.78, 5) is 13.1. The molecule has 3 rings (SSSR count). The summed E-state index contributed by atoms with van der Waals surface area (Å²) in [6.07, 6.45) is 8.82. The first-order valence-corrected chi connectivity index (χ1v) is 7.65. The van der Waals surface area contributed by atoms with Gasteiger partial charge in [0.25, 0.3) is 0 Å². The molecule has 8 heteroatoms. The van der Waals surface area contributed by atoms with E-state index in [4.69, 9.17) is 12.2 Å². The van der Waals surface area contributed by atoms with Crippen molar-refractivity contribution in [2.75, 3.05) is 31.1 Å². The van der Waals surface area contributed by atoms with Crippen molar-refractivity contribution in [3.05, 3.63) is 42.3 Å². The number of rotatable bonds is 5. The van der Waals surface area contributed by atoms with E-state index in [1.165, 1.54) is 0 Å². The van der Waals surface area contributed by atoms with Gasteiger partial charge in [0.1, 0.15) is 12.1 Å². The van der Waals surface area contributed by atoms with Crippen LogP contribution in [-0.4, -0.2) is 55.4 Å². The van der Waals surface area contributed by atoms with Crippen LogP contribution >= 0.6 is 12.2 Å². The fraction of sp³-hybridized carbons (Fsp3) is 0.429. The molecule has 0 aliphatic carbocycles. The maximum atomic E-state index is 5.42. The molecule has 2 aromatic rings. The molecule has 1 saturated heterocycles. The molecule has 0 bridgehead atoms. The Morgan fingerprint density at radius 1 is 1.23 bits per heavy atom. The summed E-state index contributed by atoms with van der Waals surface area (Å²) >= 11 is 5.42. The average Bonchev–Trinajstić information content (AvgIpc) is 2.90. The van der Waals surface area contributed by atoms with Gasteiger partial charge in [-0.2, -0.15) is 5.10 Å². The number of hydrogen-bond acceptors (Lipinski definition) is 6. The molecule has 116 valence electrons. The van der Waals surface area contributed by atoms with Gasteiger partial charge in [-0.25, -0.2) is 9.67 Å². The summed E-state index contributed by atoms with van der Waals surface area (Å²) in [6, 6.07) is 0. The second-order valence-electron chi connectivity index (χ2n) is 5.16. The Hall–Kier alpha value is -2.06. The van der Waals surface area contributed by atoms with Crippen molar-refractivity contribution in [2.24, 2.45) is 0 Å². The fourth-order valence-electron chi connectivity index (χ4n) is 2.50. The van der Waals surface area contributed by atoms with E-state index in [1.807, 2.05) is 21.5 Å². The van der Waals surface area contributed by atoms with E-state index in [-0.39, 0.29) is 0 Å². The smallest absolute Gasteiger partial charge is 0.199 e. The molecule has 0 amide bonds. The second-order valence-corrected chi connectivity index (χ2v) is 5.53. The van der Waals surface area contributed by atoms with Crippen LogP contribution in [0.5, 0.6) is 0 Å². The van der Waals surface area contributed by atoms with Crippen LogP contribution < -0.4 is 4.90 Å². The second kappa shape index (κ2) is 6.80. The molecule has 1 aliphatic heterocycles. The normalized spacial score (nSPS) is 15.9. The maximum absolute atomic E-state index is 5.42. The van der Waals surface area contributed by atoms with Crippen molar-refractivity contribution in [1.29, 1.82) is 0 Å². The van der Waals surface area contributed by atoms with E-state index in [1.54, 1.807) is 18.7 Å². The Bertz CT molecular complexity index is 670. The van der Waals surface area contributed by atoms with Crippen LogP contribution in [0.25, 0.3) is 0 Å². The first-order valence-electron chi connectivity index (χ1n) is 7.24. The zero-order valence-corrected chi connectivity index (χ0v) is 13.2. The van der Waals surface area contributed by atoms with Gasteiger partial charge in [-0.3, -0.25) is 9.88 Å². The molecule has 22 heavy (non-hydrogen) atoms. The van der Waals surface area contributed by atoms with Gasteiger partial charge in [0.2, 0.25) is 0 Å². The third-order valence-corrected chi connectivity index (χ3v) is 4.15. The molecule has 2 aromatic heterocycles. The van der Waals surface area contributed by atoms with Crippen molar-refractivity contribution in [2.45, 2.75) is 13.2 Å². The molecule has 3 heterocycles. The third-order valence-electron chi connectivity index (χ3n) is 3.70. The van der Waals surface area contributed by atoms with Crippen LogP contribution in [0.15, 0.2) is 37.6 Å². The van der Waals surface area contributed by atoms with Gasteiger partial charge < -0.3 is 9.47 Å². The Morgan fingerprint density at radius 3 is 2.73 bits per heavy atom. The van der Waals surface area contributed by atoms with E-state index < -0.39 is 0 Å². The lowest BCUT2D eigenvalue weighted by molar-refractivity contribution is 0.193. The summed E-state index contributed by atoms with van der Waals surface area (Å²) in [5.74, 6) is 0.939. The highest BCUT2D eigenvalue weighted by molar-refractivity contribution is 7.71. The van der Waals surface area contributed by atoms with E-state index in [0.717, 1.165) is 43.4 Å². The molecule has 0 saturated carbocycles. The van der Waals surface area contributed by atoms with Gasteiger partial charge in [0.05, 0.1) is 12.9 Å². The summed E-state index contributed by atoms with van der Waals surface area (Å²) in [7, 11) is 0. The zero-order valence-electron chi connectivity index (χ0n) is 12.4. The maximum Gasteiger partial charge on any atom is 0.199 e. The van der Waals surface area contributed by atoms with Crippen molar-refractivity contribution >= 4 is 18.0 Å². The van der Waals surface area contributed by atoms with Gasteiger partial charge >= 0.3 is 0 Å². The fourth-order valence-corrected chi connectivity index (χ4v) is 2.72. The highest BCUT2D eigenvalue weighted by Gasteiger charge is 2.18. The number of nitrogens with zero attached hydrogens (tertiary/aromatic N) is 7. The molecular weight excluding hydrogens is 298 g/mol.